The number of carbonyl (C=O) groups is 2. The van der Waals surface area contributed by atoms with Crippen molar-refractivity contribution in [2.45, 2.75) is 38.5 Å². The number of hydrogen-bond donors (Lipinski definition) is 2. The minimum atomic E-state index is -0.105. The molecule has 2 amide bonds. The number of hydrogen-bond acceptors (Lipinski definition) is 4. The molecule has 3 atom stereocenters. The maximum Gasteiger partial charge on any atom is 0.239 e. The van der Waals surface area contributed by atoms with Gasteiger partial charge in [0.2, 0.25) is 11.8 Å². The number of carbonyl (C=O) groups excluding carboxylic acids is 2. The molecule has 1 heterocycles. The molecule has 0 spiro atoms. The maximum absolute atomic E-state index is 12.1. The summed E-state index contributed by atoms with van der Waals surface area (Å²) in [5.41, 5.74) is 6.48. The predicted molar refractivity (Wildman–Crippen MR) is 110 cm³/mol. The van der Waals surface area contributed by atoms with Crippen LogP contribution < -0.4 is 15.8 Å². The van der Waals surface area contributed by atoms with Crippen molar-refractivity contribution in [1.29, 1.82) is 0 Å². The largest absolute Gasteiger partial charge is 0.369 e. The Morgan fingerprint density at radius 1 is 0.929 bits per heavy atom. The van der Waals surface area contributed by atoms with Crippen LogP contribution in [0.1, 0.15) is 38.5 Å². The van der Waals surface area contributed by atoms with Gasteiger partial charge in [-0.25, -0.2) is 0 Å². The summed E-state index contributed by atoms with van der Waals surface area (Å²) in [5.74, 6) is 1.96. The second kappa shape index (κ2) is 8.95. The summed E-state index contributed by atoms with van der Waals surface area (Å²) in [6, 6.07) is 10.5. The molecule has 2 aliphatic carbocycles. The Hall–Kier alpha value is -2.08. The van der Waals surface area contributed by atoms with Crippen LogP contribution in [0, 0.1) is 17.8 Å². The normalized spacial score (nSPS) is 27.0. The van der Waals surface area contributed by atoms with Gasteiger partial charge in [0.15, 0.2) is 0 Å². The maximum atomic E-state index is 12.1. The van der Waals surface area contributed by atoms with Gasteiger partial charge in [-0.3, -0.25) is 25.3 Å². The fourth-order valence-corrected chi connectivity index (χ4v) is 5.25. The summed E-state index contributed by atoms with van der Waals surface area (Å²) in [5, 5.41) is 0. The number of benzene rings is 1. The number of anilines is 1. The fourth-order valence-electron chi connectivity index (χ4n) is 5.25. The number of piperazine rings is 1. The van der Waals surface area contributed by atoms with Gasteiger partial charge in [0.25, 0.3) is 0 Å². The molecule has 4 rings (SSSR count). The minimum Gasteiger partial charge on any atom is -0.369 e. The lowest BCUT2D eigenvalue weighted by Gasteiger charge is -2.36. The highest BCUT2D eigenvalue weighted by Crippen LogP contribution is 2.49. The van der Waals surface area contributed by atoms with Crippen molar-refractivity contribution in [2.24, 2.45) is 17.8 Å². The van der Waals surface area contributed by atoms with Crippen LogP contribution in [0.25, 0.3) is 0 Å². The van der Waals surface area contributed by atoms with Gasteiger partial charge < -0.3 is 4.90 Å². The van der Waals surface area contributed by atoms with Gasteiger partial charge in [-0.1, -0.05) is 24.6 Å². The SMILES string of the molecule is O=C(CCN1CCN(c2ccccc2)CC1)NNC(=O)C[C@H]1C[C@@H]2CC[C@@H]1C2. The first kappa shape index (κ1) is 19.2. The number of rotatable bonds is 6. The molecule has 0 unspecified atom stereocenters. The minimum absolute atomic E-state index is 0.0395. The molecule has 3 aliphatic rings. The molecular formula is C22H32N4O2. The van der Waals surface area contributed by atoms with E-state index < -0.39 is 0 Å². The zero-order chi connectivity index (χ0) is 19.3. The zero-order valence-electron chi connectivity index (χ0n) is 16.6. The summed E-state index contributed by atoms with van der Waals surface area (Å²) >= 11 is 0. The van der Waals surface area contributed by atoms with Crippen molar-refractivity contribution in [1.82, 2.24) is 15.8 Å². The third kappa shape index (κ3) is 4.85. The second-order valence-electron chi connectivity index (χ2n) is 8.65. The second-order valence-corrected chi connectivity index (χ2v) is 8.65. The third-order valence-electron chi connectivity index (χ3n) is 6.82. The Morgan fingerprint density at radius 2 is 1.68 bits per heavy atom. The first-order valence-corrected chi connectivity index (χ1v) is 10.8. The molecule has 0 radical (unpaired) electrons. The van der Waals surface area contributed by atoms with Crippen molar-refractivity contribution < 1.29 is 9.59 Å². The highest BCUT2D eigenvalue weighted by Gasteiger charge is 2.40. The first-order valence-electron chi connectivity index (χ1n) is 10.8. The Labute approximate surface area is 167 Å². The van der Waals surface area contributed by atoms with Gasteiger partial charge in [-0.05, 0) is 49.1 Å². The summed E-state index contributed by atoms with van der Waals surface area (Å²) in [7, 11) is 0. The molecule has 1 aliphatic heterocycles. The highest BCUT2D eigenvalue weighted by atomic mass is 16.2. The van der Waals surface area contributed by atoms with Crippen LogP contribution in [-0.4, -0.2) is 49.4 Å². The van der Waals surface area contributed by atoms with Crippen LogP contribution in [0.2, 0.25) is 0 Å². The first-order chi connectivity index (χ1) is 13.7. The molecule has 1 saturated heterocycles. The van der Waals surface area contributed by atoms with Gasteiger partial charge in [0, 0.05) is 51.3 Å². The molecule has 3 fully saturated rings. The average molecular weight is 385 g/mol. The molecular weight excluding hydrogens is 352 g/mol. The standard InChI is InChI=1S/C22H32N4O2/c27-21(23-24-22(28)16-19-15-17-6-7-18(19)14-17)8-9-25-10-12-26(13-11-25)20-4-2-1-3-5-20/h1-5,17-19H,6-16H2,(H,23,27)(H,24,28)/t17-,18-,19-/m1/s1. The van der Waals surface area contributed by atoms with E-state index in [0.717, 1.165) is 44.6 Å². The van der Waals surface area contributed by atoms with Gasteiger partial charge in [0.1, 0.15) is 0 Å². The molecule has 1 aromatic rings. The van der Waals surface area contributed by atoms with E-state index in [1.807, 2.05) is 6.07 Å². The van der Waals surface area contributed by atoms with Crippen molar-refractivity contribution in [3.05, 3.63) is 30.3 Å². The van der Waals surface area contributed by atoms with Crippen molar-refractivity contribution in [2.75, 3.05) is 37.6 Å². The Morgan fingerprint density at radius 3 is 2.36 bits per heavy atom. The topological polar surface area (TPSA) is 64.7 Å². The summed E-state index contributed by atoms with van der Waals surface area (Å²) in [4.78, 5) is 28.9. The summed E-state index contributed by atoms with van der Waals surface area (Å²) in [6.07, 6.45) is 6.11. The Kier molecular flexibility index (Phi) is 6.15. The fraction of sp³-hybridized carbons (Fsp3) is 0.636. The molecule has 0 aromatic heterocycles. The van der Waals surface area contributed by atoms with E-state index in [4.69, 9.17) is 0 Å². The quantitative estimate of drug-likeness (QED) is 0.738. The monoisotopic (exact) mass is 384 g/mol. The number of nitrogens with zero attached hydrogens (tertiary/aromatic N) is 2. The number of fused-ring (bicyclic) bond motifs is 2. The zero-order valence-corrected chi connectivity index (χ0v) is 16.6. The lowest BCUT2D eigenvalue weighted by molar-refractivity contribution is -0.129. The van der Waals surface area contributed by atoms with E-state index in [2.05, 4.69) is 44.9 Å². The van der Waals surface area contributed by atoms with Crippen LogP contribution in [0.5, 0.6) is 0 Å². The molecule has 2 N–H and O–H groups in total. The van der Waals surface area contributed by atoms with Crippen LogP contribution in [0.4, 0.5) is 5.69 Å². The molecule has 1 aromatic carbocycles. The Balaban J connectivity index is 1.09. The molecule has 6 heteroatoms. The summed E-state index contributed by atoms with van der Waals surface area (Å²) < 4.78 is 0. The molecule has 2 saturated carbocycles. The smallest absolute Gasteiger partial charge is 0.239 e. The number of amides is 2. The van der Waals surface area contributed by atoms with Crippen molar-refractivity contribution in [3.8, 4) is 0 Å². The number of hydrazine groups is 1. The van der Waals surface area contributed by atoms with Gasteiger partial charge in [-0.15, -0.1) is 0 Å². The van der Waals surface area contributed by atoms with Crippen LogP contribution in [-0.2, 0) is 9.59 Å². The van der Waals surface area contributed by atoms with Crippen molar-refractivity contribution in [3.63, 3.8) is 0 Å². The van der Waals surface area contributed by atoms with Crippen molar-refractivity contribution >= 4 is 17.5 Å². The van der Waals surface area contributed by atoms with E-state index in [0.29, 0.717) is 18.8 Å². The summed E-state index contributed by atoms with van der Waals surface area (Å²) in [6.45, 7) is 4.60. The van der Waals surface area contributed by atoms with Crippen LogP contribution in [0.15, 0.2) is 30.3 Å². The molecule has 152 valence electrons. The van der Waals surface area contributed by atoms with Gasteiger partial charge in [-0.2, -0.15) is 0 Å². The van der Waals surface area contributed by atoms with Gasteiger partial charge >= 0.3 is 0 Å². The molecule has 28 heavy (non-hydrogen) atoms. The average Bonchev–Trinajstić information content (AvgIpc) is 3.35. The van der Waals surface area contributed by atoms with Crippen LogP contribution >= 0.6 is 0 Å². The van der Waals surface area contributed by atoms with E-state index in [9.17, 15) is 9.59 Å². The Bertz CT molecular complexity index is 672. The van der Waals surface area contributed by atoms with E-state index >= 15 is 0 Å². The molecule has 6 nitrogen and oxygen atoms in total. The number of para-hydroxylation sites is 1. The molecule has 2 bridgehead atoms. The van der Waals surface area contributed by atoms with Gasteiger partial charge in [0.05, 0.1) is 0 Å². The lowest BCUT2D eigenvalue weighted by Crippen LogP contribution is -2.48. The van der Waals surface area contributed by atoms with E-state index in [1.165, 1.54) is 31.4 Å². The lowest BCUT2D eigenvalue weighted by atomic mass is 9.86. The van der Waals surface area contributed by atoms with E-state index in [-0.39, 0.29) is 11.8 Å². The van der Waals surface area contributed by atoms with E-state index in [1.54, 1.807) is 0 Å². The third-order valence-corrected chi connectivity index (χ3v) is 6.82. The predicted octanol–water partition coefficient (Wildman–Crippen LogP) is 2.17. The highest BCUT2D eigenvalue weighted by molar-refractivity contribution is 5.82. The van der Waals surface area contributed by atoms with Crippen LogP contribution in [0.3, 0.4) is 0 Å². The number of nitrogens with one attached hydrogen (secondary N) is 2.